The normalized spacial score (nSPS) is 21.1. The number of aromatic nitrogens is 1. The van der Waals surface area contributed by atoms with Crippen molar-refractivity contribution in [3.63, 3.8) is 0 Å². The van der Waals surface area contributed by atoms with Crippen LogP contribution in [0.3, 0.4) is 0 Å². The number of rotatable bonds is 6. The second kappa shape index (κ2) is 9.67. The molecule has 2 aliphatic rings. The van der Waals surface area contributed by atoms with Crippen LogP contribution in [0, 0.1) is 0 Å². The van der Waals surface area contributed by atoms with E-state index in [2.05, 4.69) is 25.5 Å². The molecule has 1 aromatic heterocycles. The van der Waals surface area contributed by atoms with Crippen molar-refractivity contribution in [1.82, 2.24) is 20.5 Å². The van der Waals surface area contributed by atoms with Crippen LogP contribution < -0.4 is 10.6 Å². The van der Waals surface area contributed by atoms with Crippen LogP contribution in [0.25, 0.3) is 0 Å². The van der Waals surface area contributed by atoms with Gasteiger partial charge in [-0.05, 0) is 19.8 Å². The first kappa shape index (κ1) is 21.7. The molecule has 2 N–H and O–H groups in total. The third-order valence-corrected chi connectivity index (χ3v) is 7.14. The summed E-state index contributed by atoms with van der Waals surface area (Å²) in [7, 11) is 0. The van der Waals surface area contributed by atoms with E-state index in [9.17, 15) is 13.2 Å². The van der Waals surface area contributed by atoms with E-state index in [0.29, 0.717) is 17.5 Å². The Kier molecular flexibility index (Phi) is 7.49. The van der Waals surface area contributed by atoms with Crippen LogP contribution in [-0.2, 0) is 12.7 Å². The Bertz CT molecular complexity index is 650. The molecule has 2 fully saturated rings. The molecule has 5 nitrogen and oxygen atoms in total. The summed E-state index contributed by atoms with van der Waals surface area (Å²) in [6, 6.07) is 0. The fourth-order valence-corrected chi connectivity index (χ4v) is 5.55. The predicted octanol–water partition coefficient (Wildman–Crippen LogP) is 3.58. The second-order valence-corrected chi connectivity index (χ2v) is 9.37. The highest BCUT2D eigenvalue weighted by molar-refractivity contribution is 7.99. The lowest BCUT2D eigenvalue weighted by atomic mass is 9.94. The molecule has 0 bridgehead atoms. The summed E-state index contributed by atoms with van der Waals surface area (Å²) in [6.45, 7) is 5.89. The molecule has 3 rings (SSSR count). The molecule has 10 heteroatoms. The number of alkyl halides is 3. The highest BCUT2D eigenvalue weighted by Crippen LogP contribution is 2.36. The van der Waals surface area contributed by atoms with Crippen LogP contribution in [0.5, 0.6) is 0 Å². The summed E-state index contributed by atoms with van der Waals surface area (Å²) in [5.74, 6) is 3.01. The fraction of sp³-hybridized carbons (Fsp3) is 0.778. The van der Waals surface area contributed by atoms with E-state index in [1.807, 2.05) is 18.7 Å². The molecule has 158 valence electrons. The zero-order valence-corrected chi connectivity index (χ0v) is 17.8. The zero-order chi connectivity index (χ0) is 20.0. The molecule has 1 aromatic rings. The monoisotopic (exact) mass is 435 g/mol. The van der Waals surface area contributed by atoms with Crippen molar-refractivity contribution >= 4 is 29.1 Å². The van der Waals surface area contributed by atoms with Gasteiger partial charge in [0.25, 0.3) is 0 Å². The average molecular weight is 436 g/mol. The zero-order valence-electron chi connectivity index (χ0n) is 16.1. The minimum atomic E-state index is -4.40. The van der Waals surface area contributed by atoms with Gasteiger partial charge in [0.2, 0.25) is 0 Å². The molecule has 1 aliphatic heterocycles. The van der Waals surface area contributed by atoms with E-state index in [0.717, 1.165) is 36.4 Å². The molecule has 1 aliphatic carbocycles. The van der Waals surface area contributed by atoms with Gasteiger partial charge in [-0.15, -0.1) is 11.3 Å². The molecule has 1 saturated heterocycles. The van der Waals surface area contributed by atoms with Gasteiger partial charge in [0.1, 0.15) is 5.01 Å². The Balaban J connectivity index is 1.63. The van der Waals surface area contributed by atoms with Crippen molar-refractivity contribution in [2.24, 2.45) is 4.99 Å². The predicted molar refractivity (Wildman–Crippen MR) is 110 cm³/mol. The lowest BCUT2D eigenvalue weighted by Gasteiger charge is -2.43. The van der Waals surface area contributed by atoms with Gasteiger partial charge in [-0.2, -0.15) is 24.9 Å². The van der Waals surface area contributed by atoms with Gasteiger partial charge in [0, 0.05) is 48.6 Å². The van der Waals surface area contributed by atoms with Crippen molar-refractivity contribution in [2.75, 3.05) is 37.7 Å². The van der Waals surface area contributed by atoms with Gasteiger partial charge in [0.05, 0.1) is 6.54 Å². The Labute approximate surface area is 172 Å². The van der Waals surface area contributed by atoms with Crippen LogP contribution in [0.1, 0.15) is 43.3 Å². The summed E-state index contributed by atoms with van der Waals surface area (Å²) in [5, 5.41) is 8.08. The van der Waals surface area contributed by atoms with Gasteiger partial charge >= 0.3 is 6.18 Å². The van der Waals surface area contributed by atoms with E-state index >= 15 is 0 Å². The highest BCUT2D eigenvalue weighted by Gasteiger charge is 2.40. The molecule has 0 spiro atoms. The quantitative estimate of drug-likeness (QED) is 0.528. The number of halogens is 3. The van der Waals surface area contributed by atoms with E-state index in [-0.39, 0.29) is 12.1 Å². The number of nitrogens with zero attached hydrogens (tertiary/aromatic N) is 3. The molecule has 0 amide bonds. The molecule has 28 heavy (non-hydrogen) atoms. The standard InChI is InChI=1S/C18H28F3N5S2/c1-2-22-16(23-11-15-25-14(12-28-15)18(19,20)21)24-13-17(5-3-4-6-17)26-7-9-27-10-8-26/h12H,2-11,13H2,1H3,(H2,22,23,24). The van der Waals surface area contributed by atoms with Gasteiger partial charge in [-0.25, -0.2) is 9.98 Å². The first-order valence-electron chi connectivity index (χ1n) is 9.79. The van der Waals surface area contributed by atoms with Crippen LogP contribution in [-0.4, -0.2) is 59.1 Å². The number of thiazole rings is 1. The van der Waals surface area contributed by atoms with E-state index < -0.39 is 11.9 Å². The molecular formula is C18H28F3N5S2. The van der Waals surface area contributed by atoms with Crippen molar-refractivity contribution in [1.29, 1.82) is 0 Å². The smallest absolute Gasteiger partial charge is 0.357 e. The van der Waals surface area contributed by atoms with Crippen molar-refractivity contribution in [2.45, 2.75) is 50.9 Å². The Hall–Kier alpha value is -1.00. The summed E-state index contributed by atoms with van der Waals surface area (Å²) in [6.07, 6.45) is 0.469. The minimum Gasteiger partial charge on any atom is -0.357 e. The number of hydrogen-bond donors (Lipinski definition) is 2. The number of nitrogens with one attached hydrogen (secondary N) is 2. The molecular weight excluding hydrogens is 407 g/mol. The van der Waals surface area contributed by atoms with E-state index in [1.54, 1.807) is 0 Å². The number of thioether (sulfide) groups is 1. The van der Waals surface area contributed by atoms with Crippen molar-refractivity contribution in [3.05, 3.63) is 16.1 Å². The largest absolute Gasteiger partial charge is 0.434 e. The van der Waals surface area contributed by atoms with Crippen molar-refractivity contribution < 1.29 is 13.2 Å². The van der Waals surface area contributed by atoms with Crippen LogP contribution in [0.4, 0.5) is 13.2 Å². The highest BCUT2D eigenvalue weighted by atomic mass is 32.2. The topological polar surface area (TPSA) is 52.6 Å². The van der Waals surface area contributed by atoms with Crippen LogP contribution >= 0.6 is 23.1 Å². The molecule has 0 radical (unpaired) electrons. The lowest BCUT2D eigenvalue weighted by Crippen LogP contribution is -2.57. The van der Waals surface area contributed by atoms with Crippen LogP contribution in [0.2, 0.25) is 0 Å². The lowest BCUT2D eigenvalue weighted by molar-refractivity contribution is -0.140. The minimum absolute atomic E-state index is 0.142. The van der Waals surface area contributed by atoms with E-state index in [4.69, 9.17) is 0 Å². The molecule has 0 unspecified atom stereocenters. The first-order valence-corrected chi connectivity index (χ1v) is 11.8. The summed E-state index contributed by atoms with van der Waals surface area (Å²) in [5.41, 5.74) is -0.671. The Morgan fingerprint density at radius 3 is 2.57 bits per heavy atom. The number of aliphatic imine (C=N–C) groups is 1. The Morgan fingerprint density at radius 1 is 1.25 bits per heavy atom. The molecule has 0 aromatic carbocycles. The third-order valence-electron chi connectivity index (χ3n) is 5.36. The summed E-state index contributed by atoms with van der Waals surface area (Å²) < 4.78 is 38.1. The van der Waals surface area contributed by atoms with Crippen LogP contribution in [0.15, 0.2) is 10.4 Å². The average Bonchev–Trinajstić information content (AvgIpc) is 3.35. The van der Waals surface area contributed by atoms with Crippen molar-refractivity contribution in [3.8, 4) is 0 Å². The maximum atomic E-state index is 12.7. The van der Waals surface area contributed by atoms with Gasteiger partial charge < -0.3 is 10.6 Å². The molecule has 0 atom stereocenters. The maximum Gasteiger partial charge on any atom is 0.434 e. The fourth-order valence-electron chi connectivity index (χ4n) is 3.93. The summed E-state index contributed by atoms with van der Waals surface area (Å²) >= 11 is 3.01. The summed E-state index contributed by atoms with van der Waals surface area (Å²) in [4.78, 5) is 10.8. The van der Waals surface area contributed by atoms with Gasteiger partial charge in [-0.1, -0.05) is 12.8 Å². The van der Waals surface area contributed by atoms with Gasteiger partial charge in [-0.3, -0.25) is 4.90 Å². The number of guanidine groups is 1. The first-order chi connectivity index (χ1) is 13.4. The van der Waals surface area contributed by atoms with E-state index in [1.165, 1.54) is 37.2 Å². The molecule has 2 heterocycles. The second-order valence-electron chi connectivity index (χ2n) is 7.20. The third kappa shape index (κ3) is 5.54. The Morgan fingerprint density at radius 2 is 1.96 bits per heavy atom. The van der Waals surface area contributed by atoms with Gasteiger partial charge in [0.15, 0.2) is 11.7 Å². The molecule has 1 saturated carbocycles. The number of hydrogen-bond acceptors (Lipinski definition) is 5. The SMILES string of the molecule is CCNC(=NCc1nc(C(F)(F)F)cs1)NCC1(N2CCSCC2)CCCC1. The maximum absolute atomic E-state index is 12.7.